The molecule has 5 heteroatoms. The van der Waals surface area contributed by atoms with Crippen LogP contribution in [-0.4, -0.2) is 24.2 Å². The first-order valence-corrected chi connectivity index (χ1v) is 5.48. The van der Waals surface area contributed by atoms with E-state index in [-0.39, 0.29) is 6.04 Å². The van der Waals surface area contributed by atoms with Crippen LogP contribution in [0.3, 0.4) is 0 Å². The van der Waals surface area contributed by atoms with Crippen molar-refractivity contribution in [3.05, 3.63) is 48.0 Å². The predicted molar refractivity (Wildman–Crippen MR) is 67.6 cm³/mol. The molecule has 0 saturated carbocycles. The van der Waals surface area contributed by atoms with Crippen LogP contribution in [0.4, 0.5) is 0 Å². The van der Waals surface area contributed by atoms with Gasteiger partial charge in [0.1, 0.15) is 6.33 Å². The number of hydrogen-bond donors (Lipinski definition) is 1. The second-order valence-corrected chi connectivity index (χ2v) is 3.76. The fraction of sp³-hybridized carbons (Fsp3) is 0.231. The summed E-state index contributed by atoms with van der Waals surface area (Å²) in [6.45, 7) is 0. The van der Waals surface area contributed by atoms with E-state index < -0.39 is 0 Å². The van der Waals surface area contributed by atoms with Gasteiger partial charge in [-0.1, -0.05) is 6.07 Å². The Bertz CT molecular complexity index is 517. The van der Waals surface area contributed by atoms with Gasteiger partial charge in [0.25, 0.3) is 0 Å². The fourth-order valence-electron chi connectivity index (χ4n) is 1.71. The molecule has 5 nitrogen and oxygen atoms in total. The molecule has 2 aromatic rings. The number of methoxy groups -OCH3 is 2. The quantitative estimate of drug-likeness (QED) is 0.884. The average Bonchev–Trinajstić information content (AvgIpc) is 2.46. The maximum Gasteiger partial charge on any atom is 0.161 e. The van der Waals surface area contributed by atoms with E-state index in [1.165, 1.54) is 6.33 Å². The second-order valence-electron chi connectivity index (χ2n) is 3.76. The highest BCUT2D eigenvalue weighted by molar-refractivity contribution is 5.45. The molecule has 0 amide bonds. The Hall–Kier alpha value is -2.14. The summed E-state index contributed by atoms with van der Waals surface area (Å²) in [7, 11) is 3.20. The lowest BCUT2D eigenvalue weighted by molar-refractivity contribution is 0.354. The lowest BCUT2D eigenvalue weighted by Gasteiger charge is -2.14. The summed E-state index contributed by atoms with van der Waals surface area (Å²) in [5.74, 6) is 1.33. The molecule has 1 atom stereocenters. The first-order valence-electron chi connectivity index (χ1n) is 5.48. The van der Waals surface area contributed by atoms with Crippen LogP contribution in [0.2, 0.25) is 0 Å². The number of rotatable bonds is 4. The lowest BCUT2D eigenvalue weighted by atomic mass is 10.0. The Morgan fingerprint density at radius 1 is 1.00 bits per heavy atom. The Balaban J connectivity index is 2.34. The smallest absolute Gasteiger partial charge is 0.161 e. The van der Waals surface area contributed by atoms with Crippen LogP contribution in [0, 0.1) is 0 Å². The predicted octanol–water partition coefficient (Wildman–Crippen LogP) is 1.54. The molecule has 0 radical (unpaired) electrons. The number of hydrogen-bond acceptors (Lipinski definition) is 5. The van der Waals surface area contributed by atoms with Gasteiger partial charge in [0.05, 0.1) is 20.3 Å². The zero-order valence-electron chi connectivity index (χ0n) is 10.3. The molecule has 0 aliphatic rings. The molecule has 2 N–H and O–H groups in total. The van der Waals surface area contributed by atoms with Crippen LogP contribution in [0.5, 0.6) is 11.5 Å². The van der Waals surface area contributed by atoms with E-state index in [4.69, 9.17) is 15.2 Å². The number of aromatic nitrogens is 2. The van der Waals surface area contributed by atoms with Crippen molar-refractivity contribution in [2.75, 3.05) is 14.2 Å². The molecule has 1 aromatic carbocycles. The van der Waals surface area contributed by atoms with Crippen LogP contribution in [-0.2, 0) is 0 Å². The molecule has 0 fully saturated rings. The van der Waals surface area contributed by atoms with E-state index in [9.17, 15) is 0 Å². The van der Waals surface area contributed by atoms with E-state index in [2.05, 4.69) is 9.97 Å². The van der Waals surface area contributed by atoms with E-state index in [0.717, 1.165) is 11.1 Å². The number of benzene rings is 1. The van der Waals surface area contributed by atoms with E-state index in [0.29, 0.717) is 11.5 Å². The van der Waals surface area contributed by atoms with Crippen molar-refractivity contribution in [3.8, 4) is 11.5 Å². The Morgan fingerprint density at radius 3 is 2.28 bits per heavy atom. The summed E-state index contributed by atoms with van der Waals surface area (Å²) in [6.07, 6.45) is 4.88. The monoisotopic (exact) mass is 245 g/mol. The molecular weight excluding hydrogens is 230 g/mol. The summed E-state index contributed by atoms with van der Waals surface area (Å²) in [4.78, 5) is 7.92. The Labute approximate surface area is 106 Å². The molecule has 2 rings (SSSR count). The molecule has 1 heterocycles. The van der Waals surface area contributed by atoms with Crippen molar-refractivity contribution in [1.82, 2.24) is 9.97 Å². The van der Waals surface area contributed by atoms with Crippen molar-refractivity contribution in [3.63, 3.8) is 0 Å². The normalized spacial score (nSPS) is 11.9. The van der Waals surface area contributed by atoms with Gasteiger partial charge in [0, 0.05) is 18.0 Å². The van der Waals surface area contributed by atoms with Gasteiger partial charge >= 0.3 is 0 Å². The van der Waals surface area contributed by atoms with Crippen LogP contribution >= 0.6 is 0 Å². The number of nitrogens with two attached hydrogens (primary N) is 1. The maximum absolute atomic E-state index is 6.16. The van der Waals surface area contributed by atoms with Crippen LogP contribution in [0.1, 0.15) is 17.2 Å². The molecule has 0 aliphatic heterocycles. The average molecular weight is 245 g/mol. The summed E-state index contributed by atoms with van der Waals surface area (Å²) >= 11 is 0. The highest BCUT2D eigenvalue weighted by Gasteiger charge is 2.12. The van der Waals surface area contributed by atoms with Gasteiger partial charge in [0.2, 0.25) is 0 Å². The first-order chi connectivity index (χ1) is 8.76. The molecule has 0 bridgehead atoms. The third-order valence-electron chi connectivity index (χ3n) is 2.71. The van der Waals surface area contributed by atoms with Gasteiger partial charge in [-0.2, -0.15) is 0 Å². The molecule has 94 valence electrons. The van der Waals surface area contributed by atoms with Gasteiger partial charge in [0.15, 0.2) is 11.5 Å². The van der Waals surface area contributed by atoms with Crippen molar-refractivity contribution >= 4 is 0 Å². The molecule has 1 unspecified atom stereocenters. The van der Waals surface area contributed by atoms with Gasteiger partial charge in [-0.15, -0.1) is 0 Å². The Kier molecular flexibility index (Phi) is 3.74. The number of nitrogens with zero attached hydrogens (tertiary/aromatic N) is 2. The minimum atomic E-state index is -0.286. The van der Waals surface area contributed by atoms with Crippen LogP contribution in [0.25, 0.3) is 0 Å². The summed E-state index contributed by atoms with van der Waals surface area (Å²) in [5, 5.41) is 0. The summed E-state index contributed by atoms with van der Waals surface area (Å²) in [6, 6.07) is 5.30. The number of ether oxygens (including phenoxy) is 2. The van der Waals surface area contributed by atoms with Crippen molar-refractivity contribution < 1.29 is 9.47 Å². The van der Waals surface area contributed by atoms with Crippen LogP contribution < -0.4 is 15.2 Å². The van der Waals surface area contributed by atoms with Crippen molar-refractivity contribution in [2.24, 2.45) is 5.73 Å². The summed E-state index contributed by atoms with van der Waals surface area (Å²) in [5.41, 5.74) is 7.93. The molecule has 0 aliphatic carbocycles. The fourth-order valence-corrected chi connectivity index (χ4v) is 1.71. The summed E-state index contributed by atoms with van der Waals surface area (Å²) < 4.78 is 10.4. The van der Waals surface area contributed by atoms with Gasteiger partial charge in [-0.25, -0.2) is 9.97 Å². The van der Waals surface area contributed by atoms with Gasteiger partial charge < -0.3 is 15.2 Å². The van der Waals surface area contributed by atoms with Gasteiger partial charge in [-0.05, 0) is 17.7 Å². The molecule has 18 heavy (non-hydrogen) atoms. The van der Waals surface area contributed by atoms with E-state index in [1.807, 2.05) is 18.2 Å². The van der Waals surface area contributed by atoms with E-state index >= 15 is 0 Å². The largest absolute Gasteiger partial charge is 0.493 e. The molecule has 0 spiro atoms. The minimum absolute atomic E-state index is 0.286. The third kappa shape index (κ3) is 2.41. The maximum atomic E-state index is 6.16. The molecule has 0 saturated heterocycles. The molecule has 1 aromatic heterocycles. The van der Waals surface area contributed by atoms with Gasteiger partial charge in [-0.3, -0.25) is 0 Å². The molecular formula is C13H15N3O2. The highest BCUT2D eigenvalue weighted by atomic mass is 16.5. The highest BCUT2D eigenvalue weighted by Crippen LogP contribution is 2.30. The SMILES string of the molecule is COc1ccc(C(N)c2cncnc2)cc1OC. The Morgan fingerprint density at radius 2 is 1.67 bits per heavy atom. The van der Waals surface area contributed by atoms with Crippen LogP contribution in [0.15, 0.2) is 36.9 Å². The third-order valence-corrected chi connectivity index (χ3v) is 2.71. The second kappa shape index (κ2) is 5.46. The minimum Gasteiger partial charge on any atom is -0.493 e. The van der Waals surface area contributed by atoms with Crippen molar-refractivity contribution in [1.29, 1.82) is 0 Å². The zero-order chi connectivity index (χ0) is 13.0. The standard InChI is InChI=1S/C13H15N3O2/c1-17-11-4-3-9(5-12(11)18-2)13(14)10-6-15-8-16-7-10/h3-8,13H,14H2,1-2H3. The lowest BCUT2D eigenvalue weighted by Crippen LogP contribution is -2.12. The van der Waals surface area contributed by atoms with Crippen molar-refractivity contribution in [2.45, 2.75) is 6.04 Å². The zero-order valence-corrected chi connectivity index (χ0v) is 10.3. The first kappa shape index (κ1) is 12.3. The van der Waals surface area contributed by atoms with E-state index in [1.54, 1.807) is 26.6 Å². The topological polar surface area (TPSA) is 70.3 Å².